The number of rotatable bonds is 4. The minimum Gasteiger partial charge on any atom is -0.474 e. The van der Waals surface area contributed by atoms with Crippen LogP contribution in [0.2, 0.25) is 0 Å². The molecule has 19 heavy (non-hydrogen) atoms. The Labute approximate surface area is 117 Å². The van der Waals surface area contributed by atoms with Crippen molar-refractivity contribution in [2.45, 2.75) is 24.8 Å². The summed E-state index contributed by atoms with van der Waals surface area (Å²) >= 11 is 5.88. The Hall–Kier alpha value is -1.32. The van der Waals surface area contributed by atoms with Crippen LogP contribution in [-0.2, 0) is 10.6 Å². The van der Waals surface area contributed by atoms with Crippen molar-refractivity contribution in [2.24, 2.45) is 0 Å². The Morgan fingerprint density at radius 2 is 2.26 bits per heavy atom. The fourth-order valence-electron chi connectivity index (χ4n) is 2.35. The zero-order valence-corrected chi connectivity index (χ0v) is 11.4. The molecule has 0 amide bonds. The average Bonchev–Trinajstić information content (AvgIpc) is 2.97. The molecule has 1 saturated heterocycles. The highest BCUT2D eigenvalue weighted by Gasteiger charge is 2.17. The van der Waals surface area contributed by atoms with Gasteiger partial charge in [-0.25, -0.2) is 4.98 Å². The number of aromatic nitrogens is 1. The lowest BCUT2D eigenvalue weighted by Crippen LogP contribution is -2.17. The second-order valence-electron chi connectivity index (χ2n) is 4.72. The summed E-state index contributed by atoms with van der Waals surface area (Å²) in [5, 5.41) is 2.13. The van der Waals surface area contributed by atoms with E-state index in [1.807, 2.05) is 30.3 Å². The zero-order valence-electron chi connectivity index (χ0n) is 10.6. The first-order valence-electron chi connectivity index (χ1n) is 6.56. The SMILES string of the molecule is ClCc1cc2ccccc2c(OCC2CCCO2)n1. The number of alkyl halides is 1. The van der Waals surface area contributed by atoms with Crippen LogP contribution >= 0.6 is 11.6 Å². The molecule has 1 fully saturated rings. The fraction of sp³-hybridized carbons (Fsp3) is 0.400. The number of hydrogen-bond donors (Lipinski definition) is 0. The largest absolute Gasteiger partial charge is 0.474 e. The maximum Gasteiger partial charge on any atom is 0.221 e. The first-order chi connectivity index (χ1) is 9.36. The normalized spacial score (nSPS) is 18.9. The van der Waals surface area contributed by atoms with Gasteiger partial charge in [-0.15, -0.1) is 11.6 Å². The van der Waals surface area contributed by atoms with Crippen molar-refractivity contribution >= 4 is 22.4 Å². The Balaban J connectivity index is 1.87. The van der Waals surface area contributed by atoms with Gasteiger partial charge in [-0.05, 0) is 30.4 Å². The zero-order chi connectivity index (χ0) is 13.1. The summed E-state index contributed by atoms with van der Waals surface area (Å²) in [5.74, 6) is 1.05. The van der Waals surface area contributed by atoms with Crippen LogP contribution in [0.25, 0.3) is 10.8 Å². The third kappa shape index (κ3) is 2.82. The van der Waals surface area contributed by atoms with Crippen LogP contribution in [0.5, 0.6) is 5.88 Å². The highest BCUT2D eigenvalue weighted by Crippen LogP contribution is 2.26. The molecule has 1 unspecified atom stereocenters. The van der Waals surface area contributed by atoms with Crippen molar-refractivity contribution in [3.8, 4) is 5.88 Å². The standard InChI is InChI=1S/C15H16ClNO2/c16-9-12-8-11-4-1-2-6-14(11)15(17-12)19-10-13-5-3-7-18-13/h1-2,4,6,8,13H,3,5,7,9-10H2. The van der Waals surface area contributed by atoms with Crippen LogP contribution < -0.4 is 4.74 Å². The van der Waals surface area contributed by atoms with Crippen LogP contribution in [0.1, 0.15) is 18.5 Å². The molecular weight excluding hydrogens is 262 g/mol. The smallest absolute Gasteiger partial charge is 0.221 e. The molecule has 0 bridgehead atoms. The molecule has 0 saturated carbocycles. The van der Waals surface area contributed by atoms with Crippen molar-refractivity contribution in [3.63, 3.8) is 0 Å². The number of halogens is 1. The summed E-state index contributed by atoms with van der Waals surface area (Å²) in [6.07, 6.45) is 2.37. The molecule has 1 aromatic carbocycles. The average molecular weight is 278 g/mol. The summed E-state index contributed by atoms with van der Waals surface area (Å²) in [4.78, 5) is 4.47. The first-order valence-corrected chi connectivity index (χ1v) is 7.09. The quantitative estimate of drug-likeness (QED) is 0.801. The maximum atomic E-state index is 5.88. The van der Waals surface area contributed by atoms with Crippen LogP contribution in [-0.4, -0.2) is 24.3 Å². The van der Waals surface area contributed by atoms with Crippen molar-refractivity contribution < 1.29 is 9.47 Å². The number of pyridine rings is 1. The Morgan fingerprint density at radius 1 is 1.37 bits per heavy atom. The first kappa shape index (κ1) is 12.7. The minimum atomic E-state index is 0.195. The van der Waals surface area contributed by atoms with E-state index in [4.69, 9.17) is 21.1 Å². The van der Waals surface area contributed by atoms with Gasteiger partial charge in [0.05, 0.1) is 17.7 Å². The molecule has 1 aliphatic rings. The van der Waals surface area contributed by atoms with Gasteiger partial charge in [-0.2, -0.15) is 0 Å². The Bertz CT molecular complexity index is 567. The summed E-state index contributed by atoms with van der Waals surface area (Å²) in [6.45, 7) is 1.40. The summed E-state index contributed by atoms with van der Waals surface area (Å²) in [6, 6.07) is 10.1. The summed E-state index contributed by atoms with van der Waals surface area (Å²) in [7, 11) is 0. The second-order valence-corrected chi connectivity index (χ2v) is 4.99. The lowest BCUT2D eigenvalue weighted by molar-refractivity contribution is 0.0669. The monoisotopic (exact) mass is 277 g/mol. The number of ether oxygens (including phenoxy) is 2. The van der Waals surface area contributed by atoms with Crippen LogP contribution in [0.4, 0.5) is 0 Å². The summed E-state index contributed by atoms with van der Waals surface area (Å²) < 4.78 is 11.4. The van der Waals surface area contributed by atoms with E-state index in [0.29, 0.717) is 18.4 Å². The molecule has 4 heteroatoms. The van der Waals surface area contributed by atoms with Gasteiger partial charge in [0, 0.05) is 12.0 Å². The lowest BCUT2D eigenvalue weighted by atomic mass is 10.1. The molecule has 1 aromatic heterocycles. The van der Waals surface area contributed by atoms with Gasteiger partial charge in [-0.1, -0.05) is 18.2 Å². The topological polar surface area (TPSA) is 31.4 Å². The van der Waals surface area contributed by atoms with Crippen molar-refractivity contribution in [1.82, 2.24) is 4.98 Å². The van der Waals surface area contributed by atoms with E-state index in [-0.39, 0.29) is 6.10 Å². The fourth-order valence-corrected chi connectivity index (χ4v) is 2.48. The van der Waals surface area contributed by atoms with E-state index in [0.717, 1.165) is 35.9 Å². The molecule has 1 aliphatic heterocycles. The maximum absolute atomic E-state index is 5.88. The summed E-state index contributed by atoms with van der Waals surface area (Å²) in [5.41, 5.74) is 0.836. The molecule has 3 nitrogen and oxygen atoms in total. The van der Waals surface area contributed by atoms with E-state index in [1.54, 1.807) is 0 Å². The highest BCUT2D eigenvalue weighted by atomic mass is 35.5. The van der Waals surface area contributed by atoms with Gasteiger partial charge in [0.2, 0.25) is 5.88 Å². The van der Waals surface area contributed by atoms with E-state index < -0.39 is 0 Å². The molecule has 2 heterocycles. The second kappa shape index (κ2) is 5.76. The van der Waals surface area contributed by atoms with Crippen molar-refractivity contribution in [1.29, 1.82) is 0 Å². The molecule has 0 N–H and O–H groups in total. The van der Waals surface area contributed by atoms with Gasteiger partial charge in [-0.3, -0.25) is 0 Å². The van der Waals surface area contributed by atoms with E-state index >= 15 is 0 Å². The van der Waals surface area contributed by atoms with Gasteiger partial charge >= 0.3 is 0 Å². The molecule has 0 spiro atoms. The van der Waals surface area contributed by atoms with E-state index in [9.17, 15) is 0 Å². The highest BCUT2D eigenvalue weighted by molar-refractivity contribution is 6.17. The van der Waals surface area contributed by atoms with Gasteiger partial charge in [0.25, 0.3) is 0 Å². The van der Waals surface area contributed by atoms with Crippen LogP contribution in [0, 0.1) is 0 Å². The van der Waals surface area contributed by atoms with Gasteiger partial charge in [0.1, 0.15) is 6.61 Å². The molecule has 100 valence electrons. The number of benzene rings is 1. The predicted molar refractivity (Wildman–Crippen MR) is 75.8 cm³/mol. The van der Waals surface area contributed by atoms with Crippen molar-refractivity contribution in [2.75, 3.05) is 13.2 Å². The van der Waals surface area contributed by atoms with Crippen molar-refractivity contribution in [3.05, 3.63) is 36.0 Å². The third-order valence-electron chi connectivity index (χ3n) is 3.33. The molecule has 0 aliphatic carbocycles. The predicted octanol–water partition coefficient (Wildman–Crippen LogP) is 3.53. The molecule has 1 atom stereocenters. The van der Waals surface area contributed by atoms with Gasteiger partial charge < -0.3 is 9.47 Å². The number of hydrogen-bond acceptors (Lipinski definition) is 3. The molecule has 0 radical (unpaired) electrons. The Morgan fingerprint density at radius 3 is 3.05 bits per heavy atom. The van der Waals surface area contributed by atoms with Gasteiger partial charge in [0.15, 0.2) is 0 Å². The molecular formula is C15H16ClNO2. The Kier molecular flexibility index (Phi) is 3.85. The van der Waals surface area contributed by atoms with Crippen LogP contribution in [0.15, 0.2) is 30.3 Å². The lowest BCUT2D eigenvalue weighted by Gasteiger charge is -2.13. The third-order valence-corrected chi connectivity index (χ3v) is 3.60. The number of fused-ring (bicyclic) bond motifs is 1. The van der Waals surface area contributed by atoms with E-state index in [2.05, 4.69) is 4.98 Å². The molecule has 2 aromatic rings. The van der Waals surface area contributed by atoms with Crippen LogP contribution in [0.3, 0.4) is 0 Å². The molecule has 3 rings (SSSR count). The number of nitrogens with zero attached hydrogens (tertiary/aromatic N) is 1. The minimum absolute atomic E-state index is 0.195. The van der Waals surface area contributed by atoms with E-state index in [1.165, 1.54) is 0 Å².